The van der Waals surface area contributed by atoms with Gasteiger partial charge in [0.25, 0.3) is 0 Å². The number of H-pyrrole nitrogens is 1. The Morgan fingerprint density at radius 3 is 2.75 bits per heavy atom. The van der Waals surface area contributed by atoms with Crippen molar-refractivity contribution < 1.29 is 0 Å². The summed E-state index contributed by atoms with van der Waals surface area (Å²) in [5.74, 6) is 0.664. The monoisotopic (exact) mass is 469 g/mol. The van der Waals surface area contributed by atoms with Crippen LogP contribution in [0, 0.1) is 3.57 Å². The molecule has 0 unspecified atom stereocenters. The van der Waals surface area contributed by atoms with E-state index in [0.29, 0.717) is 21.7 Å². The highest BCUT2D eigenvalue weighted by atomic mass is 127. The normalized spacial score (nSPS) is 11.5. The van der Waals surface area contributed by atoms with Gasteiger partial charge >= 0.3 is 0 Å². The fourth-order valence-electron chi connectivity index (χ4n) is 2.03. The number of anilines is 1. The number of hydrogen-bond donors (Lipinski definition) is 3. The van der Waals surface area contributed by atoms with Crippen LogP contribution in [0.1, 0.15) is 12.7 Å². The molecule has 0 spiro atoms. The molecule has 1 aromatic heterocycles. The highest BCUT2D eigenvalue weighted by molar-refractivity contribution is 14.1. The Hall–Kier alpha value is -1.71. The number of thiocarbonyl (C=S) groups is 1. The molecule has 3 rings (SSSR count). The van der Waals surface area contributed by atoms with Gasteiger partial charge in [-0.05, 0) is 84.2 Å². The maximum atomic E-state index is 5.98. The van der Waals surface area contributed by atoms with Crippen LogP contribution in [0.15, 0.2) is 47.6 Å². The number of imidazole rings is 1. The first-order valence-corrected chi connectivity index (χ1v) is 8.90. The number of benzene rings is 2. The zero-order valence-corrected chi connectivity index (χ0v) is 16.3. The lowest BCUT2D eigenvalue weighted by Gasteiger charge is -2.07. The van der Waals surface area contributed by atoms with Crippen LogP contribution in [0.4, 0.5) is 5.69 Å². The summed E-state index contributed by atoms with van der Waals surface area (Å²) in [6.07, 6.45) is 0. The lowest BCUT2D eigenvalue weighted by molar-refractivity contribution is 1.03. The third-order valence-corrected chi connectivity index (χ3v) is 4.36. The number of hydrazone groups is 1. The molecule has 1 heterocycles. The molecule has 0 aliphatic rings. The zero-order chi connectivity index (χ0) is 17.1. The molecule has 24 heavy (non-hydrogen) atoms. The first kappa shape index (κ1) is 17.1. The number of nitrogens with one attached hydrogen (secondary N) is 3. The minimum absolute atomic E-state index is 0.412. The zero-order valence-electron chi connectivity index (χ0n) is 12.6. The van der Waals surface area contributed by atoms with Gasteiger partial charge in [0.05, 0.1) is 11.0 Å². The molecule has 3 aromatic rings. The SMILES string of the molecule is C/C(=N\NC(=S)Nc1ccc(I)cc1)c1nc2ccc(Cl)cc2[nH]1. The lowest BCUT2D eigenvalue weighted by Crippen LogP contribution is -2.25. The maximum absolute atomic E-state index is 5.98. The average molecular weight is 470 g/mol. The summed E-state index contributed by atoms with van der Waals surface area (Å²) in [5, 5.41) is 8.40. The van der Waals surface area contributed by atoms with E-state index >= 15 is 0 Å². The molecule has 0 saturated carbocycles. The van der Waals surface area contributed by atoms with Crippen molar-refractivity contribution in [3.8, 4) is 0 Å². The summed E-state index contributed by atoms with van der Waals surface area (Å²) in [4.78, 5) is 7.66. The molecule has 5 nitrogen and oxygen atoms in total. The molecule has 122 valence electrons. The van der Waals surface area contributed by atoms with E-state index in [0.717, 1.165) is 20.3 Å². The van der Waals surface area contributed by atoms with Crippen LogP contribution in [-0.4, -0.2) is 20.8 Å². The molecule has 8 heteroatoms. The Morgan fingerprint density at radius 1 is 1.25 bits per heavy atom. The molecule has 0 fully saturated rings. The summed E-state index contributed by atoms with van der Waals surface area (Å²) >= 11 is 13.5. The van der Waals surface area contributed by atoms with E-state index in [1.165, 1.54) is 0 Å². The number of halogens is 2. The second-order valence-electron chi connectivity index (χ2n) is 5.02. The van der Waals surface area contributed by atoms with Crippen molar-refractivity contribution in [3.63, 3.8) is 0 Å². The largest absolute Gasteiger partial charge is 0.337 e. The second kappa shape index (κ2) is 7.45. The van der Waals surface area contributed by atoms with Gasteiger partial charge in [0, 0.05) is 14.3 Å². The molecule has 3 N–H and O–H groups in total. The molecule has 0 aliphatic carbocycles. The van der Waals surface area contributed by atoms with Crippen LogP contribution in [0.3, 0.4) is 0 Å². The van der Waals surface area contributed by atoms with Gasteiger partial charge in [-0.25, -0.2) is 4.98 Å². The average Bonchev–Trinajstić information content (AvgIpc) is 2.98. The first-order chi connectivity index (χ1) is 11.5. The lowest BCUT2D eigenvalue weighted by atomic mass is 10.3. The Morgan fingerprint density at radius 2 is 2.00 bits per heavy atom. The summed E-state index contributed by atoms with van der Waals surface area (Å²) < 4.78 is 1.16. The predicted octanol–water partition coefficient (Wildman–Crippen LogP) is 4.53. The number of rotatable bonds is 3. The van der Waals surface area contributed by atoms with Crippen LogP contribution in [-0.2, 0) is 0 Å². The molecule has 0 saturated heterocycles. The molecule has 0 aliphatic heterocycles. The van der Waals surface area contributed by atoms with Crippen molar-refractivity contribution in [3.05, 3.63) is 56.9 Å². The summed E-state index contributed by atoms with van der Waals surface area (Å²) in [7, 11) is 0. The van der Waals surface area contributed by atoms with Gasteiger partial charge in [-0.15, -0.1) is 0 Å². The van der Waals surface area contributed by atoms with E-state index in [9.17, 15) is 0 Å². The summed E-state index contributed by atoms with van der Waals surface area (Å²) in [5.41, 5.74) is 6.11. The molecular formula is C16H13ClIN5S. The van der Waals surface area contributed by atoms with Gasteiger partial charge in [-0.3, -0.25) is 5.43 Å². The van der Waals surface area contributed by atoms with E-state index in [1.54, 1.807) is 6.07 Å². The van der Waals surface area contributed by atoms with Gasteiger partial charge < -0.3 is 10.3 Å². The van der Waals surface area contributed by atoms with Crippen molar-refractivity contribution in [1.82, 2.24) is 15.4 Å². The number of fused-ring (bicyclic) bond motifs is 1. The van der Waals surface area contributed by atoms with E-state index in [4.69, 9.17) is 23.8 Å². The van der Waals surface area contributed by atoms with Crippen molar-refractivity contribution in [2.45, 2.75) is 6.92 Å². The first-order valence-electron chi connectivity index (χ1n) is 7.04. The van der Waals surface area contributed by atoms with Crippen LogP contribution in [0.25, 0.3) is 11.0 Å². The number of hydrogen-bond acceptors (Lipinski definition) is 3. The number of nitrogens with zero attached hydrogens (tertiary/aromatic N) is 2. The van der Waals surface area contributed by atoms with Crippen LogP contribution < -0.4 is 10.7 Å². The van der Waals surface area contributed by atoms with Gasteiger partial charge in [0.1, 0.15) is 5.71 Å². The van der Waals surface area contributed by atoms with E-state index in [-0.39, 0.29) is 0 Å². The Bertz CT molecular complexity index is 920. The standard InChI is InChI=1S/C16H13ClIN5S/c1-9(15-20-13-7-2-10(17)8-14(13)21-15)22-23-16(24)19-12-5-3-11(18)4-6-12/h2-8H,1H3,(H,20,21)(H2,19,23,24)/b22-9+. The second-order valence-corrected chi connectivity index (χ2v) is 7.11. The topological polar surface area (TPSA) is 65.1 Å². The Kier molecular flexibility index (Phi) is 5.32. The summed E-state index contributed by atoms with van der Waals surface area (Å²) in [6, 6.07) is 13.4. The minimum atomic E-state index is 0.412. The van der Waals surface area contributed by atoms with Gasteiger partial charge in [0.2, 0.25) is 0 Å². The van der Waals surface area contributed by atoms with E-state index < -0.39 is 0 Å². The van der Waals surface area contributed by atoms with Crippen LogP contribution in [0.5, 0.6) is 0 Å². The molecule has 0 bridgehead atoms. The minimum Gasteiger partial charge on any atom is -0.337 e. The molecule has 0 radical (unpaired) electrons. The highest BCUT2D eigenvalue weighted by Gasteiger charge is 2.06. The molecule has 2 aromatic carbocycles. The quantitative estimate of drug-likeness (QED) is 0.228. The molecular weight excluding hydrogens is 457 g/mol. The van der Waals surface area contributed by atoms with Gasteiger partial charge in [-0.1, -0.05) is 11.6 Å². The third-order valence-electron chi connectivity index (χ3n) is 3.21. The Balaban J connectivity index is 1.68. The fraction of sp³-hybridized carbons (Fsp3) is 0.0625. The third kappa shape index (κ3) is 4.22. The van der Waals surface area contributed by atoms with Crippen molar-refractivity contribution >= 4 is 74.0 Å². The number of aromatic amines is 1. The van der Waals surface area contributed by atoms with Crippen molar-refractivity contribution in [2.75, 3.05) is 5.32 Å². The van der Waals surface area contributed by atoms with Crippen LogP contribution in [0.2, 0.25) is 5.02 Å². The smallest absolute Gasteiger partial charge is 0.191 e. The predicted molar refractivity (Wildman–Crippen MR) is 112 cm³/mol. The number of aromatic nitrogens is 2. The van der Waals surface area contributed by atoms with Crippen molar-refractivity contribution in [1.29, 1.82) is 0 Å². The van der Waals surface area contributed by atoms with Gasteiger partial charge in [-0.2, -0.15) is 5.10 Å². The molecule has 0 atom stereocenters. The molecule has 0 amide bonds. The maximum Gasteiger partial charge on any atom is 0.191 e. The Labute approximate surface area is 163 Å². The van der Waals surface area contributed by atoms with Crippen LogP contribution >= 0.6 is 46.4 Å². The summed E-state index contributed by atoms with van der Waals surface area (Å²) in [6.45, 7) is 1.85. The van der Waals surface area contributed by atoms with Crippen molar-refractivity contribution in [2.24, 2.45) is 5.10 Å². The fourth-order valence-corrected chi connectivity index (χ4v) is 2.73. The van der Waals surface area contributed by atoms with E-state index in [2.05, 4.69) is 48.4 Å². The highest BCUT2D eigenvalue weighted by Crippen LogP contribution is 2.17. The van der Waals surface area contributed by atoms with Gasteiger partial charge in [0.15, 0.2) is 10.9 Å². The van der Waals surface area contributed by atoms with E-state index in [1.807, 2.05) is 43.3 Å².